The summed E-state index contributed by atoms with van der Waals surface area (Å²) in [4.78, 5) is 17.0. The third-order valence-electron chi connectivity index (χ3n) is 7.53. The predicted octanol–water partition coefficient (Wildman–Crippen LogP) is 5.09. The highest BCUT2D eigenvalue weighted by atomic mass is 79.9. The van der Waals surface area contributed by atoms with Gasteiger partial charge in [-0.25, -0.2) is 4.39 Å². The highest BCUT2D eigenvalue weighted by molar-refractivity contribution is 9.10. The number of hydrogen-bond donors (Lipinski definition) is 1. The number of nitrogens with zero attached hydrogens (tertiary/aromatic N) is 2. The molecule has 188 valence electrons. The van der Waals surface area contributed by atoms with Crippen LogP contribution < -0.4 is 4.74 Å². The average molecular weight is 545 g/mol. The smallest absolute Gasteiger partial charge is 0.246 e. The summed E-state index contributed by atoms with van der Waals surface area (Å²) in [7, 11) is 1.69. The molecule has 4 rings (SSSR count). The SMILES string of the molecule is COc1ccc(C2CCN(C(CO)C3CCN(C(=O)/C=C/c4ccc(F)c(Br)c4)CC3)CC2)cc1. The number of rotatable bonds is 7. The first kappa shape index (κ1) is 25.9. The lowest BCUT2D eigenvalue weighted by Crippen LogP contribution is -2.50. The fourth-order valence-corrected chi connectivity index (χ4v) is 5.79. The number of ether oxygens (including phenoxy) is 1. The zero-order valence-electron chi connectivity index (χ0n) is 20.2. The fraction of sp³-hybridized carbons (Fsp3) is 0.464. The van der Waals surface area contributed by atoms with Gasteiger partial charge in [0.05, 0.1) is 18.2 Å². The second-order valence-corrected chi connectivity index (χ2v) is 10.4. The Kier molecular flexibility index (Phi) is 8.98. The molecule has 2 fully saturated rings. The van der Waals surface area contributed by atoms with Gasteiger partial charge in [-0.05, 0) is 108 Å². The molecule has 0 aromatic heterocycles. The van der Waals surface area contributed by atoms with Crippen LogP contribution in [0.4, 0.5) is 4.39 Å². The summed E-state index contributed by atoms with van der Waals surface area (Å²) >= 11 is 3.18. The maximum atomic E-state index is 13.4. The van der Waals surface area contributed by atoms with Crippen molar-refractivity contribution in [1.82, 2.24) is 9.80 Å². The van der Waals surface area contributed by atoms with Crippen molar-refractivity contribution in [3.05, 3.63) is 70.0 Å². The lowest BCUT2D eigenvalue weighted by Gasteiger charge is -2.43. The number of carbonyl (C=O) groups excluding carboxylic acids is 1. The molecular formula is C28H34BrFN2O3. The first-order valence-electron chi connectivity index (χ1n) is 12.4. The number of hydrogen-bond acceptors (Lipinski definition) is 4. The van der Waals surface area contributed by atoms with Crippen LogP contribution in [0.15, 0.2) is 53.0 Å². The molecule has 1 unspecified atom stereocenters. The second-order valence-electron chi connectivity index (χ2n) is 9.50. The van der Waals surface area contributed by atoms with Crippen LogP contribution in [0.3, 0.4) is 0 Å². The standard InChI is InChI=1S/C28H34BrFN2O3/c1-35-24-6-4-21(5-7-24)22-10-14-31(15-11-22)27(19-33)23-12-16-32(17-13-23)28(34)9-3-20-2-8-26(30)25(29)18-20/h2-9,18,22-23,27,33H,10-17,19H2,1H3/b9-3+. The number of halogens is 2. The Hall–Kier alpha value is -2.22. The summed E-state index contributed by atoms with van der Waals surface area (Å²) in [5.74, 6) is 1.47. The van der Waals surface area contributed by atoms with Crippen molar-refractivity contribution in [3.63, 3.8) is 0 Å². The van der Waals surface area contributed by atoms with E-state index in [2.05, 4.69) is 33.0 Å². The van der Waals surface area contributed by atoms with E-state index in [9.17, 15) is 14.3 Å². The number of benzene rings is 2. The number of methoxy groups -OCH3 is 1. The molecule has 2 aromatic rings. The Morgan fingerprint density at radius 1 is 1.11 bits per heavy atom. The third-order valence-corrected chi connectivity index (χ3v) is 8.14. The van der Waals surface area contributed by atoms with Crippen LogP contribution in [0.1, 0.15) is 42.7 Å². The topological polar surface area (TPSA) is 53.0 Å². The molecule has 0 bridgehead atoms. The highest BCUT2D eigenvalue weighted by Gasteiger charge is 2.33. The molecule has 5 nitrogen and oxygen atoms in total. The molecule has 0 spiro atoms. The summed E-state index contributed by atoms with van der Waals surface area (Å²) < 4.78 is 19.1. The molecule has 2 saturated heterocycles. The maximum Gasteiger partial charge on any atom is 0.246 e. The molecule has 2 aliphatic rings. The molecule has 1 atom stereocenters. The molecule has 2 aliphatic heterocycles. The third kappa shape index (κ3) is 6.51. The van der Waals surface area contributed by atoms with Gasteiger partial charge in [0.2, 0.25) is 5.91 Å². The van der Waals surface area contributed by atoms with Crippen molar-refractivity contribution >= 4 is 27.9 Å². The van der Waals surface area contributed by atoms with E-state index in [0.29, 0.717) is 29.4 Å². The average Bonchev–Trinajstić information content (AvgIpc) is 2.90. The van der Waals surface area contributed by atoms with Crippen LogP contribution in [-0.2, 0) is 4.79 Å². The van der Waals surface area contributed by atoms with Gasteiger partial charge in [-0.1, -0.05) is 18.2 Å². The van der Waals surface area contributed by atoms with Gasteiger partial charge in [0.25, 0.3) is 0 Å². The van der Waals surface area contributed by atoms with Crippen molar-refractivity contribution in [2.75, 3.05) is 39.9 Å². The number of piperidine rings is 2. The van der Waals surface area contributed by atoms with Crippen molar-refractivity contribution in [2.24, 2.45) is 5.92 Å². The summed E-state index contributed by atoms with van der Waals surface area (Å²) in [6, 6.07) is 13.2. The van der Waals surface area contributed by atoms with Gasteiger partial charge in [0, 0.05) is 25.2 Å². The van der Waals surface area contributed by atoms with E-state index in [1.165, 1.54) is 11.6 Å². The Labute approximate surface area is 215 Å². The number of amides is 1. The molecular weight excluding hydrogens is 511 g/mol. The van der Waals surface area contributed by atoms with Gasteiger partial charge in [-0.3, -0.25) is 9.69 Å². The molecule has 0 aliphatic carbocycles. The molecule has 1 amide bonds. The van der Waals surface area contributed by atoms with Gasteiger partial charge >= 0.3 is 0 Å². The first-order valence-corrected chi connectivity index (χ1v) is 13.2. The van der Waals surface area contributed by atoms with Crippen LogP contribution in [-0.4, -0.2) is 66.8 Å². The zero-order chi connectivity index (χ0) is 24.8. The van der Waals surface area contributed by atoms with Crippen molar-refractivity contribution < 1.29 is 19.0 Å². The summed E-state index contributed by atoms with van der Waals surface area (Å²) in [6.45, 7) is 3.51. The Balaban J connectivity index is 1.26. The zero-order valence-corrected chi connectivity index (χ0v) is 21.8. The minimum atomic E-state index is -0.320. The monoisotopic (exact) mass is 544 g/mol. The van der Waals surface area contributed by atoms with E-state index in [4.69, 9.17) is 4.74 Å². The summed E-state index contributed by atoms with van der Waals surface area (Å²) in [6.07, 6.45) is 7.25. The summed E-state index contributed by atoms with van der Waals surface area (Å²) in [5, 5.41) is 10.2. The quantitative estimate of drug-likeness (QED) is 0.493. The van der Waals surface area contributed by atoms with E-state index in [0.717, 1.165) is 50.1 Å². The number of likely N-dealkylation sites (tertiary alicyclic amines) is 2. The minimum Gasteiger partial charge on any atom is -0.497 e. The molecule has 1 N–H and O–H groups in total. The van der Waals surface area contributed by atoms with E-state index in [1.807, 2.05) is 17.0 Å². The van der Waals surface area contributed by atoms with Crippen molar-refractivity contribution in [2.45, 2.75) is 37.6 Å². The number of aliphatic hydroxyl groups is 1. The van der Waals surface area contributed by atoms with Crippen LogP contribution >= 0.6 is 15.9 Å². The summed E-state index contributed by atoms with van der Waals surface area (Å²) in [5.41, 5.74) is 2.14. The van der Waals surface area contributed by atoms with Gasteiger partial charge in [0.1, 0.15) is 11.6 Å². The molecule has 35 heavy (non-hydrogen) atoms. The number of aliphatic hydroxyl groups excluding tert-OH is 1. The van der Waals surface area contributed by atoms with Crippen molar-refractivity contribution in [1.29, 1.82) is 0 Å². The van der Waals surface area contributed by atoms with Crippen LogP contribution in [0.25, 0.3) is 6.08 Å². The molecule has 2 heterocycles. The van der Waals surface area contributed by atoms with Crippen molar-refractivity contribution in [3.8, 4) is 5.75 Å². The van der Waals surface area contributed by atoms with Gasteiger partial charge < -0.3 is 14.7 Å². The normalized spacial score (nSPS) is 19.3. The largest absolute Gasteiger partial charge is 0.497 e. The van der Waals surface area contributed by atoms with Gasteiger partial charge in [-0.15, -0.1) is 0 Å². The Morgan fingerprint density at radius 2 is 1.80 bits per heavy atom. The van der Waals surface area contributed by atoms with Crippen LogP contribution in [0.2, 0.25) is 0 Å². The molecule has 7 heteroatoms. The predicted molar refractivity (Wildman–Crippen MR) is 140 cm³/mol. The Morgan fingerprint density at radius 3 is 2.40 bits per heavy atom. The lowest BCUT2D eigenvalue weighted by atomic mass is 9.85. The van der Waals surface area contributed by atoms with E-state index in [-0.39, 0.29) is 24.4 Å². The molecule has 2 aromatic carbocycles. The maximum absolute atomic E-state index is 13.4. The van der Waals surface area contributed by atoms with Crippen LogP contribution in [0, 0.1) is 11.7 Å². The Bertz CT molecular complexity index is 1010. The molecule has 0 radical (unpaired) electrons. The minimum absolute atomic E-state index is 0.0234. The van der Waals surface area contributed by atoms with Gasteiger partial charge in [0.15, 0.2) is 0 Å². The van der Waals surface area contributed by atoms with Gasteiger partial charge in [-0.2, -0.15) is 0 Å². The fourth-order valence-electron chi connectivity index (χ4n) is 5.40. The van der Waals surface area contributed by atoms with Crippen LogP contribution in [0.5, 0.6) is 5.75 Å². The molecule has 0 saturated carbocycles. The van der Waals surface area contributed by atoms with E-state index >= 15 is 0 Å². The number of carbonyl (C=O) groups is 1. The van der Waals surface area contributed by atoms with E-state index < -0.39 is 0 Å². The lowest BCUT2D eigenvalue weighted by molar-refractivity contribution is -0.127. The second kappa shape index (κ2) is 12.2. The van der Waals surface area contributed by atoms with E-state index in [1.54, 1.807) is 31.4 Å². The first-order chi connectivity index (χ1) is 17.0. The highest BCUT2D eigenvalue weighted by Crippen LogP contribution is 2.33.